The van der Waals surface area contributed by atoms with Gasteiger partial charge in [0.05, 0.1) is 41.9 Å². The van der Waals surface area contributed by atoms with Crippen molar-refractivity contribution in [3.63, 3.8) is 0 Å². The van der Waals surface area contributed by atoms with Gasteiger partial charge in [-0.15, -0.1) is 0 Å². The predicted molar refractivity (Wildman–Crippen MR) is 174 cm³/mol. The maximum atomic E-state index is 14.2. The smallest absolute Gasteiger partial charge is 0.311 e. The fraction of sp³-hybridized carbons (Fsp3) is 0.914. The van der Waals surface area contributed by atoms with Crippen molar-refractivity contribution >= 4 is 5.97 Å². The quantitative estimate of drug-likeness (QED) is 0.234. The molecule has 0 saturated carbocycles. The highest BCUT2D eigenvalue weighted by Crippen LogP contribution is 2.48. The molecule has 5 unspecified atom stereocenters. The summed E-state index contributed by atoms with van der Waals surface area (Å²) in [6.07, 6.45) is -7.80. The molecule has 2 bridgehead atoms. The minimum absolute atomic E-state index is 0.165. The summed E-state index contributed by atoms with van der Waals surface area (Å²) in [6.45, 7) is 17.8. The molecule has 3 fully saturated rings. The van der Waals surface area contributed by atoms with Crippen LogP contribution in [0.15, 0.2) is 11.3 Å². The minimum atomic E-state index is -1.82. The third-order valence-corrected chi connectivity index (χ3v) is 11.3. The molecule has 6 N–H and O–H groups in total. The maximum absolute atomic E-state index is 14.2. The van der Waals surface area contributed by atoms with Crippen LogP contribution in [0.1, 0.15) is 94.9 Å². The van der Waals surface area contributed by atoms with E-state index < -0.39 is 102 Å². The zero-order valence-corrected chi connectivity index (χ0v) is 30.5. The Morgan fingerprint density at radius 1 is 1.08 bits per heavy atom. The number of hydrogen-bond donors (Lipinski definition) is 5. The van der Waals surface area contributed by atoms with Gasteiger partial charge < -0.3 is 59.3 Å². The van der Waals surface area contributed by atoms with Gasteiger partial charge in [0.1, 0.15) is 41.4 Å². The molecular formula is C35H61NO12. The Morgan fingerprint density at radius 2 is 1.73 bits per heavy atom. The minimum Gasteiger partial charge on any atom is -0.488 e. The van der Waals surface area contributed by atoms with Gasteiger partial charge in [0.2, 0.25) is 0 Å². The van der Waals surface area contributed by atoms with E-state index in [1.165, 1.54) is 14.0 Å². The SMILES string of the molecule is CC[C@H](O)[C@@](C)(O)[C@@H]1OC(=O)[C@H](C)[C@@H](O[C@H]2CC(C)(OC)[C@@H](O)C(C)O2)[C@H](C)[C@@H](O[C@@H]2OC(C)CC(N)C2O)[C@@]2(C)CC(C)=C(O2)[C@@H]1C. The largest absolute Gasteiger partial charge is 0.488 e. The number of cyclic esters (lactones) is 1. The predicted octanol–water partition coefficient (Wildman–Crippen LogP) is 2.29. The van der Waals surface area contributed by atoms with Gasteiger partial charge in [0.15, 0.2) is 12.6 Å². The molecular weight excluding hydrogens is 626 g/mol. The van der Waals surface area contributed by atoms with Crippen LogP contribution in [0.2, 0.25) is 0 Å². The molecule has 17 atom stereocenters. The number of esters is 1. The average molecular weight is 688 g/mol. The lowest BCUT2D eigenvalue weighted by Crippen LogP contribution is -2.60. The van der Waals surface area contributed by atoms with Gasteiger partial charge in [0.25, 0.3) is 0 Å². The van der Waals surface area contributed by atoms with E-state index in [9.17, 15) is 25.2 Å². The lowest BCUT2D eigenvalue weighted by molar-refractivity contribution is -0.313. The first-order chi connectivity index (χ1) is 22.2. The summed E-state index contributed by atoms with van der Waals surface area (Å²) in [6, 6.07) is -0.575. The molecule has 4 aliphatic rings. The molecule has 4 aliphatic heterocycles. The van der Waals surface area contributed by atoms with Crippen LogP contribution in [-0.4, -0.2) is 118 Å². The van der Waals surface area contributed by atoms with Gasteiger partial charge in [-0.1, -0.05) is 20.8 Å². The van der Waals surface area contributed by atoms with Crippen molar-refractivity contribution in [2.75, 3.05) is 7.11 Å². The van der Waals surface area contributed by atoms with Crippen molar-refractivity contribution in [3.05, 3.63) is 11.3 Å². The lowest BCUT2D eigenvalue weighted by atomic mass is 9.78. The Morgan fingerprint density at radius 3 is 2.33 bits per heavy atom. The summed E-state index contributed by atoms with van der Waals surface area (Å²) in [5, 5.41) is 44.6. The maximum Gasteiger partial charge on any atom is 0.311 e. The number of carbonyl (C=O) groups is 1. The average Bonchev–Trinajstić information content (AvgIpc) is 3.34. The first-order valence-corrected chi connectivity index (χ1v) is 17.5. The number of hydrogen-bond acceptors (Lipinski definition) is 13. The number of nitrogens with two attached hydrogens (primary N) is 1. The van der Waals surface area contributed by atoms with Crippen LogP contribution >= 0.6 is 0 Å². The van der Waals surface area contributed by atoms with Crippen LogP contribution in [0.3, 0.4) is 0 Å². The van der Waals surface area contributed by atoms with Crippen molar-refractivity contribution in [3.8, 4) is 0 Å². The van der Waals surface area contributed by atoms with Crippen LogP contribution in [0, 0.1) is 17.8 Å². The van der Waals surface area contributed by atoms with E-state index in [1.807, 2.05) is 27.7 Å². The van der Waals surface area contributed by atoms with Crippen molar-refractivity contribution < 1.29 is 58.4 Å². The number of aliphatic hydroxyl groups excluding tert-OH is 3. The summed E-state index contributed by atoms with van der Waals surface area (Å²) in [7, 11) is 1.52. The lowest BCUT2D eigenvalue weighted by Gasteiger charge is -2.48. The van der Waals surface area contributed by atoms with E-state index in [1.54, 1.807) is 34.6 Å². The molecule has 0 aliphatic carbocycles. The molecule has 13 nitrogen and oxygen atoms in total. The fourth-order valence-electron chi connectivity index (χ4n) is 8.27. The summed E-state index contributed by atoms with van der Waals surface area (Å²) in [5.41, 5.74) is 3.29. The van der Waals surface area contributed by atoms with E-state index in [2.05, 4.69) is 0 Å². The highest BCUT2D eigenvalue weighted by atomic mass is 16.7. The molecule has 13 heteroatoms. The van der Waals surface area contributed by atoms with Gasteiger partial charge in [-0.2, -0.15) is 0 Å². The standard InChI is InChI=1S/C35H61NO12/c1-12-23(37)35(10,41)30-18(4)26-16(2)14-34(9,48-26)29(47-32-25(38)22(36)13-17(3)43-32)19(5)27(20(6)31(40)46-30)45-24-15-33(8,42-11)28(39)21(7)44-24/h17-25,27-30,32,37-39,41H,12-15,36H2,1-11H3/t17?,18-,19-,20+,21?,22?,23-,24-,25?,27-,28-,29+,30+,32-,33?,34+,35+/m0/s1. The van der Waals surface area contributed by atoms with Crippen molar-refractivity contribution in [1.82, 2.24) is 0 Å². The molecule has 0 aromatic carbocycles. The summed E-state index contributed by atoms with van der Waals surface area (Å²) in [5.74, 6) is -2.33. The Labute approximate surface area is 285 Å². The van der Waals surface area contributed by atoms with Crippen LogP contribution in [0.4, 0.5) is 0 Å². The Kier molecular flexibility index (Phi) is 12.1. The number of carbonyl (C=O) groups excluding carboxylic acids is 1. The normalized spacial score (nSPS) is 47.8. The monoisotopic (exact) mass is 687 g/mol. The topological polar surface area (TPSA) is 189 Å². The van der Waals surface area contributed by atoms with E-state index >= 15 is 0 Å². The second-order valence-electron chi connectivity index (χ2n) is 15.5. The summed E-state index contributed by atoms with van der Waals surface area (Å²) < 4.78 is 44.3. The van der Waals surface area contributed by atoms with Crippen molar-refractivity contribution in [2.45, 2.75) is 179 Å². The zero-order valence-electron chi connectivity index (χ0n) is 30.5. The van der Waals surface area contributed by atoms with Gasteiger partial charge in [-0.25, -0.2) is 0 Å². The number of methoxy groups -OCH3 is 1. The Balaban J connectivity index is 1.82. The van der Waals surface area contributed by atoms with Crippen LogP contribution < -0.4 is 5.73 Å². The van der Waals surface area contributed by atoms with Crippen LogP contribution in [0.5, 0.6) is 0 Å². The molecule has 0 aromatic heterocycles. The fourth-order valence-corrected chi connectivity index (χ4v) is 8.27. The molecule has 0 amide bonds. The molecule has 0 radical (unpaired) electrons. The molecule has 0 spiro atoms. The molecule has 48 heavy (non-hydrogen) atoms. The zero-order chi connectivity index (χ0) is 36.1. The highest BCUT2D eigenvalue weighted by molar-refractivity contribution is 5.73. The van der Waals surface area contributed by atoms with Gasteiger partial charge in [-0.05, 0) is 66.9 Å². The van der Waals surface area contributed by atoms with Crippen molar-refractivity contribution in [1.29, 1.82) is 0 Å². The van der Waals surface area contributed by atoms with Gasteiger partial charge in [0, 0.05) is 31.9 Å². The van der Waals surface area contributed by atoms with E-state index in [-0.39, 0.29) is 18.9 Å². The van der Waals surface area contributed by atoms with E-state index in [0.717, 1.165) is 5.57 Å². The number of rotatable bonds is 8. The second-order valence-corrected chi connectivity index (χ2v) is 15.5. The number of aliphatic hydroxyl groups is 4. The van der Waals surface area contributed by atoms with E-state index in [4.69, 9.17) is 38.9 Å². The van der Waals surface area contributed by atoms with Crippen molar-refractivity contribution in [2.24, 2.45) is 23.5 Å². The molecule has 278 valence electrons. The number of fused-ring (bicyclic) bond motifs is 2. The third-order valence-electron chi connectivity index (χ3n) is 11.3. The molecule has 0 aromatic rings. The molecule has 3 saturated heterocycles. The third kappa shape index (κ3) is 7.46. The second kappa shape index (κ2) is 14.7. The van der Waals surface area contributed by atoms with Crippen LogP contribution in [-0.2, 0) is 38.0 Å². The molecule has 4 rings (SSSR count). The van der Waals surface area contributed by atoms with Gasteiger partial charge in [-0.3, -0.25) is 4.79 Å². The first-order valence-electron chi connectivity index (χ1n) is 17.5. The first kappa shape index (κ1) is 39.4. The van der Waals surface area contributed by atoms with E-state index in [0.29, 0.717) is 18.6 Å². The molecule has 4 heterocycles. The highest BCUT2D eigenvalue weighted by Gasteiger charge is 2.56. The summed E-state index contributed by atoms with van der Waals surface area (Å²) in [4.78, 5) is 14.2. The Bertz CT molecular complexity index is 1170. The number of ether oxygens (including phenoxy) is 7. The van der Waals surface area contributed by atoms with Crippen LogP contribution in [0.25, 0.3) is 0 Å². The Hall–Kier alpha value is -1.39. The summed E-state index contributed by atoms with van der Waals surface area (Å²) >= 11 is 0. The van der Waals surface area contributed by atoms with Gasteiger partial charge >= 0.3 is 5.97 Å².